The highest BCUT2D eigenvalue weighted by molar-refractivity contribution is 7.84. The van der Waals surface area contributed by atoms with E-state index in [0.717, 1.165) is 12.8 Å². The molecule has 0 radical (unpaired) electrons. The Hall–Kier alpha value is -0.490. The summed E-state index contributed by atoms with van der Waals surface area (Å²) in [6.07, 6.45) is 3.06. The summed E-state index contributed by atoms with van der Waals surface area (Å²) in [5.41, 5.74) is 4.99. The van der Waals surface area contributed by atoms with Crippen LogP contribution in [0, 0.1) is 11.3 Å². The average Bonchev–Trinajstić information content (AvgIpc) is 2.11. The Kier molecular flexibility index (Phi) is 4.43. The van der Waals surface area contributed by atoms with Crippen LogP contribution in [0.3, 0.4) is 0 Å². The lowest BCUT2D eigenvalue weighted by molar-refractivity contribution is -0.132. The second-order valence-electron chi connectivity index (χ2n) is 4.49. The van der Waals surface area contributed by atoms with Crippen molar-refractivity contribution in [3.63, 3.8) is 0 Å². The van der Waals surface area contributed by atoms with Gasteiger partial charge in [-0.15, -0.1) is 0 Å². The second kappa shape index (κ2) is 5.23. The maximum absolute atomic E-state index is 11.9. The molecule has 0 aliphatic heterocycles. The number of hydrogen-bond donors (Lipinski definition) is 2. The lowest BCUT2D eigenvalue weighted by Crippen LogP contribution is -2.56. The zero-order valence-corrected chi connectivity index (χ0v) is 11.2. The summed E-state index contributed by atoms with van der Waals surface area (Å²) < 4.78 is 10.9. The molecule has 92 valence electrons. The molecule has 16 heavy (non-hydrogen) atoms. The van der Waals surface area contributed by atoms with Crippen LogP contribution >= 0.6 is 12.2 Å². The van der Waals surface area contributed by atoms with Gasteiger partial charge in [0.15, 0.2) is 0 Å². The highest BCUT2D eigenvalue weighted by Gasteiger charge is 2.50. The van der Waals surface area contributed by atoms with Gasteiger partial charge in [-0.05, 0) is 18.8 Å². The topological polar surface area (TPSA) is 72.2 Å². The van der Waals surface area contributed by atoms with Gasteiger partial charge < -0.3 is 11.1 Å². The highest BCUT2D eigenvalue weighted by Crippen LogP contribution is 2.45. The fourth-order valence-electron chi connectivity index (χ4n) is 2.11. The molecule has 1 atom stereocenters. The van der Waals surface area contributed by atoms with E-state index in [1.54, 1.807) is 6.26 Å². The summed E-state index contributed by atoms with van der Waals surface area (Å²) in [4.78, 5) is 12.2. The quantitative estimate of drug-likeness (QED) is 0.694. The van der Waals surface area contributed by atoms with Crippen LogP contribution in [0.15, 0.2) is 0 Å². The number of thiocarbonyl (C=S) groups is 1. The molecule has 0 aromatic carbocycles. The number of amides is 1. The molecule has 0 aromatic heterocycles. The molecule has 0 saturated heterocycles. The first kappa shape index (κ1) is 13.6. The van der Waals surface area contributed by atoms with Crippen molar-refractivity contribution in [2.45, 2.75) is 19.8 Å². The predicted octanol–water partition coefficient (Wildman–Crippen LogP) is 0.184. The molecule has 1 fully saturated rings. The van der Waals surface area contributed by atoms with E-state index in [4.69, 9.17) is 18.0 Å². The largest absolute Gasteiger partial charge is 0.392 e. The van der Waals surface area contributed by atoms with Crippen molar-refractivity contribution in [1.29, 1.82) is 0 Å². The number of carbonyl (C=O) groups excluding carboxylic acids is 1. The number of nitrogens with one attached hydrogen (secondary N) is 1. The summed E-state index contributed by atoms with van der Waals surface area (Å²) in [6.45, 7) is 2.49. The standard InChI is InChI=1S/C10H18N2O2S2/c1-7-5-10(6-7,8(11)15)9(13)12-3-4-16(2)14/h7H,3-6H2,1-2H3,(H2,11,15)(H,12,13). The molecule has 0 aromatic rings. The Morgan fingerprint density at radius 3 is 2.56 bits per heavy atom. The van der Waals surface area contributed by atoms with E-state index in [9.17, 15) is 9.00 Å². The smallest absolute Gasteiger partial charge is 0.233 e. The van der Waals surface area contributed by atoms with Crippen molar-refractivity contribution in [3.05, 3.63) is 0 Å². The van der Waals surface area contributed by atoms with Crippen LogP contribution < -0.4 is 11.1 Å². The number of nitrogens with two attached hydrogens (primary N) is 1. The molecule has 1 saturated carbocycles. The van der Waals surface area contributed by atoms with E-state index in [-0.39, 0.29) is 10.9 Å². The molecule has 4 nitrogen and oxygen atoms in total. The fraction of sp³-hybridized carbons (Fsp3) is 0.800. The Morgan fingerprint density at radius 1 is 1.62 bits per heavy atom. The highest BCUT2D eigenvalue weighted by atomic mass is 32.2. The van der Waals surface area contributed by atoms with Crippen molar-refractivity contribution in [2.24, 2.45) is 17.1 Å². The van der Waals surface area contributed by atoms with Gasteiger partial charge in [-0.1, -0.05) is 19.1 Å². The van der Waals surface area contributed by atoms with E-state index in [1.807, 2.05) is 0 Å². The first-order valence-electron chi connectivity index (χ1n) is 5.27. The normalized spacial score (nSPS) is 30.2. The average molecular weight is 262 g/mol. The third kappa shape index (κ3) is 2.79. The van der Waals surface area contributed by atoms with Gasteiger partial charge in [0.2, 0.25) is 5.91 Å². The van der Waals surface area contributed by atoms with Crippen molar-refractivity contribution >= 4 is 33.9 Å². The van der Waals surface area contributed by atoms with Gasteiger partial charge in [-0.2, -0.15) is 0 Å². The van der Waals surface area contributed by atoms with E-state index in [1.165, 1.54) is 0 Å². The minimum atomic E-state index is -0.889. The molecule has 0 bridgehead atoms. The lowest BCUT2D eigenvalue weighted by Gasteiger charge is -2.44. The van der Waals surface area contributed by atoms with E-state index in [0.29, 0.717) is 18.2 Å². The Morgan fingerprint density at radius 2 is 2.19 bits per heavy atom. The molecule has 0 heterocycles. The molecule has 0 spiro atoms. The van der Waals surface area contributed by atoms with Gasteiger partial charge in [0, 0.05) is 29.4 Å². The molecule has 1 unspecified atom stereocenters. The van der Waals surface area contributed by atoms with Gasteiger partial charge in [-0.25, -0.2) is 0 Å². The van der Waals surface area contributed by atoms with Crippen LogP contribution in [0.5, 0.6) is 0 Å². The summed E-state index contributed by atoms with van der Waals surface area (Å²) in [5, 5.41) is 2.76. The van der Waals surface area contributed by atoms with E-state index in [2.05, 4.69) is 12.2 Å². The molecule has 1 aliphatic carbocycles. The second-order valence-corrected chi connectivity index (χ2v) is 6.49. The maximum atomic E-state index is 11.9. The summed E-state index contributed by atoms with van der Waals surface area (Å²) in [7, 11) is -0.889. The Labute approximate surface area is 104 Å². The summed E-state index contributed by atoms with van der Waals surface area (Å²) in [6, 6.07) is 0. The first-order chi connectivity index (χ1) is 7.38. The van der Waals surface area contributed by atoms with Crippen LogP contribution in [-0.4, -0.2) is 33.7 Å². The molecule has 3 N–H and O–H groups in total. The van der Waals surface area contributed by atoms with E-state index >= 15 is 0 Å². The van der Waals surface area contributed by atoms with Crippen molar-refractivity contribution in [3.8, 4) is 0 Å². The van der Waals surface area contributed by atoms with Crippen LogP contribution in [0.25, 0.3) is 0 Å². The van der Waals surface area contributed by atoms with Gasteiger partial charge in [0.1, 0.15) is 0 Å². The Balaban J connectivity index is 2.51. The van der Waals surface area contributed by atoms with Gasteiger partial charge in [0.25, 0.3) is 0 Å². The Bertz CT molecular complexity index is 325. The van der Waals surface area contributed by atoms with Gasteiger partial charge in [0.05, 0.1) is 10.4 Å². The molecule has 1 amide bonds. The predicted molar refractivity (Wildman–Crippen MR) is 69.6 cm³/mol. The van der Waals surface area contributed by atoms with Crippen molar-refractivity contribution in [2.75, 3.05) is 18.6 Å². The number of hydrogen-bond acceptors (Lipinski definition) is 3. The maximum Gasteiger partial charge on any atom is 0.233 e. The number of rotatable bonds is 5. The third-order valence-corrected chi connectivity index (χ3v) is 4.15. The lowest BCUT2D eigenvalue weighted by atomic mass is 9.62. The minimum absolute atomic E-state index is 0.108. The zero-order valence-electron chi connectivity index (χ0n) is 9.62. The molecular weight excluding hydrogens is 244 g/mol. The van der Waals surface area contributed by atoms with Gasteiger partial charge in [-0.3, -0.25) is 9.00 Å². The van der Waals surface area contributed by atoms with Crippen LogP contribution in [-0.2, 0) is 15.6 Å². The summed E-state index contributed by atoms with van der Waals surface area (Å²) >= 11 is 4.97. The van der Waals surface area contributed by atoms with Crippen LogP contribution in [0.1, 0.15) is 19.8 Å². The first-order valence-corrected chi connectivity index (χ1v) is 7.40. The summed E-state index contributed by atoms with van der Waals surface area (Å²) in [5.74, 6) is 0.852. The fourth-order valence-corrected chi connectivity index (χ4v) is 2.75. The van der Waals surface area contributed by atoms with Crippen molar-refractivity contribution < 1.29 is 9.00 Å². The molecule has 1 aliphatic rings. The monoisotopic (exact) mass is 262 g/mol. The van der Waals surface area contributed by atoms with E-state index < -0.39 is 16.2 Å². The van der Waals surface area contributed by atoms with Crippen molar-refractivity contribution in [1.82, 2.24) is 5.32 Å². The number of carbonyl (C=O) groups is 1. The zero-order chi connectivity index (χ0) is 12.3. The minimum Gasteiger partial charge on any atom is -0.392 e. The molecular formula is C10H18N2O2S2. The molecule has 1 rings (SSSR count). The SMILES string of the molecule is CC1CC(C(=O)NCCS(C)=O)(C(N)=S)C1. The van der Waals surface area contributed by atoms with Crippen LogP contribution in [0.2, 0.25) is 0 Å². The van der Waals surface area contributed by atoms with Crippen LogP contribution in [0.4, 0.5) is 0 Å². The third-order valence-electron chi connectivity index (χ3n) is 2.98. The van der Waals surface area contributed by atoms with Gasteiger partial charge >= 0.3 is 0 Å². The molecule has 6 heteroatoms.